The standard InChI is InChI=1S/C20H22N2O2S/c1-22-10-8-14(9-11-22)19-15-5-3-2-4-13(15)6-7-17-16(19)12-18(25-17)20(23)21-24/h2-5,12,24H,6-11H2,1H3,(H,21,23). The molecule has 2 aliphatic rings. The maximum Gasteiger partial charge on any atom is 0.284 e. The summed E-state index contributed by atoms with van der Waals surface area (Å²) in [4.78, 5) is 16.1. The van der Waals surface area contributed by atoms with Crippen LogP contribution in [0.2, 0.25) is 0 Å². The summed E-state index contributed by atoms with van der Waals surface area (Å²) in [5.41, 5.74) is 8.48. The van der Waals surface area contributed by atoms with E-state index in [1.807, 2.05) is 6.07 Å². The van der Waals surface area contributed by atoms with E-state index in [1.165, 1.54) is 44.1 Å². The lowest BCUT2D eigenvalue weighted by Crippen LogP contribution is -2.27. The van der Waals surface area contributed by atoms with Crippen molar-refractivity contribution in [1.82, 2.24) is 10.4 Å². The molecule has 1 saturated heterocycles. The third-order valence-corrected chi connectivity index (χ3v) is 6.45. The van der Waals surface area contributed by atoms with E-state index < -0.39 is 5.91 Å². The van der Waals surface area contributed by atoms with E-state index in [9.17, 15) is 4.79 Å². The van der Waals surface area contributed by atoms with Gasteiger partial charge in [0.1, 0.15) is 0 Å². The van der Waals surface area contributed by atoms with Crippen molar-refractivity contribution in [2.75, 3.05) is 20.1 Å². The Labute approximate surface area is 151 Å². The number of hydroxylamine groups is 1. The molecule has 25 heavy (non-hydrogen) atoms. The van der Waals surface area contributed by atoms with Gasteiger partial charge < -0.3 is 4.90 Å². The summed E-state index contributed by atoms with van der Waals surface area (Å²) in [7, 11) is 2.17. The molecule has 4 rings (SSSR count). The third-order valence-electron chi connectivity index (χ3n) is 5.26. The highest BCUT2D eigenvalue weighted by molar-refractivity contribution is 7.14. The molecule has 0 unspecified atom stereocenters. The van der Waals surface area contributed by atoms with Crippen molar-refractivity contribution in [3.8, 4) is 0 Å². The monoisotopic (exact) mass is 354 g/mol. The first-order valence-corrected chi connectivity index (χ1v) is 9.55. The van der Waals surface area contributed by atoms with Crippen LogP contribution in [0.15, 0.2) is 35.9 Å². The Hall–Kier alpha value is -1.95. The summed E-state index contributed by atoms with van der Waals surface area (Å²) in [5.74, 6) is -0.418. The number of amides is 1. The first-order valence-electron chi connectivity index (χ1n) is 8.73. The molecule has 2 aromatic rings. The normalized spacial score (nSPS) is 17.7. The van der Waals surface area contributed by atoms with Crippen molar-refractivity contribution in [3.05, 3.63) is 62.3 Å². The van der Waals surface area contributed by atoms with E-state index in [0.29, 0.717) is 4.88 Å². The zero-order valence-electron chi connectivity index (χ0n) is 14.3. The number of nitrogens with zero attached hydrogens (tertiary/aromatic N) is 1. The number of hydrogen-bond donors (Lipinski definition) is 2. The quantitative estimate of drug-likeness (QED) is 0.609. The maximum atomic E-state index is 11.9. The van der Waals surface area contributed by atoms with Crippen LogP contribution in [0, 0.1) is 0 Å². The Kier molecular flexibility index (Phi) is 4.46. The highest BCUT2D eigenvalue weighted by Gasteiger charge is 2.26. The van der Waals surface area contributed by atoms with Crippen LogP contribution in [0.3, 0.4) is 0 Å². The number of fused-ring (bicyclic) bond motifs is 2. The van der Waals surface area contributed by atoms with Crippen molar-refractivity contribution in [2.45, 2.75) is 25.7 Å². The molecule has 5 heteroatoms. The average Bonchev–Trinajstić information content (AvgIpc) is 2.99. The van der Waals surface area contributed by atoms with Crippen LogP contribution in [0.4, 0.5) is 0 Å². The summed E-state index contributed by atoms with van der Waals surface area (Å²) < 4.78 is 0. The Morgan fingerprint density at radius 3 is 2.64 bits per heavy atom. The minimum Gasteiger partial charge on any atom is -0.306 e. The first-order chi connectivity index (χ1) is 12.2. The Morgan fingerprint density at radius 2 is 1.88 bits per heavy atom. The number of piperidine rings is 1. The van der Waals surface area contributed by atoms with Gasteiger partial charge in [0.15, 0.2) is 0 Å². The second-order valence-electron chi connectivity index (χ2n) is 6.83. The van der Waals surface area contributed by atoms with E-state index in [4.69, 9.17) is 5.21 Å². The molecule has 0 spiro atoms. The molecule has 0 bridgehead atoms. The van der Waals surface area contributed by atoms with E-state index >= 15 is 0 Å². The largest absolute Gasteiger partial charge is 0.306 e. The molecule has 0 atom stereocenters. The highest BCUT2D eigenvalue weighted by Crippen LogP contribution is 2.41. The van der Waals surface area contributed by atoms with Crippen LogP contribution in [0.1, 0.15) is 44.1 Å². The molecular weight excluding hydrogens is 332 g/mol. The van der Waals surface area contributed by atoms with Gasteiger partial charge in [0, 0.05) is 18.0 Å². The average molecular weight is 354 g/mol. The van der Waals surface area contributed by atoms with Gasteiger partial charge in [-0.25, -0.2) is 5.48 Å². The lowest BCUT2D eigenvalue weighted by atomic mass is 9.87. The molecule has 1 aromatic carbocycles. The minimum atomic E-state index is -0.418. The number of carbonyl (C=O) groups is 1. The molecule has 1 fully saturated rings. The first kappa shape index (κ1) is 16.5. The number of hydrogen-bond acceptors (Lipinski definition) is 4. The van der Waals surface area contributed by atoms with Gasteiger partial charge in [-0.3, -0.25) is 10.0 Å². The van der Waals surface area contributed by atoms with Gasteiger partial charge in [-0.2, -0.15) is 0 Å². The van der Waals surface area contributed by atoms with E-state index in [0.717, 1.165) is 38.8 Å². The lowest BCUT2D eigenvalue weighted by molar-refractivity contribution is 0.0711. The van der Waals surface area contributed by atoms with Gasteiger partial charge in [0.25, 0.3) is 5.91 Å². The highest BCUT2D eigenvalue weighted by atomic mass is 32.1. The minimum absolute atomic E-state index is 0.418. The second kappa shape index (κ2) is 6.75. The summed E-state index contributed by atoms with van der Waals surface area (Å²) in [5, 5.41) is 9.00. The summed E-state index contributed by atoms with van der Waals surface area (Å²) in [6.45, 7) is 2.15. The molecule has 0 saturated carbocycles. The predicted molar refractivity (Wildman–Crippen MR) is 100 cm³/mol. The molecular formula is C20H22N2O2S. The van der Waals surface area contributed by atoms with Gasteiger partial charge in [-0.1, -0.05) is 29.8 Å². The molecule has 1 amide bonds. The molecule has 1 aliphatic carbocycles. The van der Waals surface area contributed by atoms with Crippen molar-refractivity contribution < 1.29 is 10.0 Å². The number of rotatable bonds is 1. The number of likely N-dealkylation sites (tertiary alicyclic amines) is 1. The lowest BCUT2D eigenvalue weighted by Gasteiger charge is -2.27. The van der Waals surface area contributed by atoms with Crippen molar-refractivity contribution >= 4 is 22.8 Å². The number of carbonyl (C=O) groups excluding carboxylic acids is 1. The van der Waals surface area contributed by atoms with E-state index in [-0.39, 0.29) is 0 Å². The fraction of sp³-hybridized carbons (Fsp3) is 0.350. The van der Waals surface area contributed by atoms with Crippen LogP contribution in [0.5, 0.6) is 0 Å². The Morgan fingerprint density at radius 1 is 1.12 bits per heavy atom. The van der Waals surface area contributed by atoms with Crippen molar-refractivity contribution in [3.63, 3.8) is 0 Å². The predicted octanol–water partition coefficient (Wildman–Crippen LogP) is 3.49. The number of nitrogens with one attached hydrogen (secondary N) is 1. The summed E-state index contributed by atoms with van der Waals surface area (Å²) in [6, 6.07) is 10.6. The van der Waals surface area contributed by atoms with Gasteiger partial charge in [0.05, 0.1) is 4.88 Å². The molecule has 0 radical (unpaired) electrons. The van der Waals surface area contributed by atoms with Crippen LogP contribution in [-0.2, 0) is 12.8 Å². The number of aryl methyl sites for hydroxylation is 2. The summed E-state index contributed by atoms with van der Waals surface area (Å²) >= 11 is 1.50. The third kappa shape index (κ3) is 3.03. The fourth-order valence-electron chi connectivity index (χ4n) is 3.89. The van der Waals surface area contributed by atoms with E-state index in [2.05, 4.69) is 36.2 Å². The van der Waals surface area contributed by atoms with Crippen LogP contribution in [-0.4, -0.2) is 36.2 Å². The molecule has 4 nitrogen and oxygen atoms in total. The van der Waals surface area contributed by atoms with Gasteiger partial charge >= 0.3 is 0 Å². The molecule has 2 heterocycles. The molecule has 2 N–H and O–H groups in total. The van der Waals surface area contributed by atoms with Crippen molar-refractivity contribution in [1.29, 1.82) is 0 Å². The van der Waals surface area contributed by atoms with Gasteiger partial charge in [-0.05, 0) is 61.1 Å². The van der Waals surface area contributed by atoms with E-state index in [1.54, 1.807) is 5.48 Å². The van der Waals surface area contributed by atoms with Crippen LogP contribution >= 0.6 is 11.3 Å². The molecule has 130 valence electrons. The van der Waals surface area contributed by atoms with Gasteiger partial charge in [-0.15, -0.1) is 11.3 Å². The van der Waals surface area contributed by atoms with Gasteiger partial charge in [0.2, 0.25) is 0 Å². The maximum absolute atomic E-state index is 11.9. The zero-order chi connectivity index (χ0) is 17.4. The number of benzene rings is 1. The Balaban J connectivity index is 1.90. The number of thiophene rings is 1. The SMILES string of the molecule is CN1CCC(=C2c3ccccc3CCc3sc(C(=O)NO)cc32)CC1. The zero-order valence-corrected chi connectivity index (χ0v) is 15.2. The molecule has 1 aromatic heterocycles. The smallest absolute Gasteiger partial charge is 0.284 e. The Bertz CT molecular complexity index is 843. The second-order valence-corrected chi connectivity index (χ2v) is 7.96. The fourth-order valence-corrected chi connectivity index (χ4v) is 4.94. The van der Waals surface area contributed by atoms with Crippen LogP contribution in [0.25, 0.3) is 5.57 Å². The van der Waals surface area contributed by atoms with Crippen molar-refractivity contribution in [2.24, 2.45) is 0 Å². The topological polar surface area (TPSA) is 52.6 Å². The van der Waals surface area contributed by atoms with Crippen LogP contribution < -0.4 is 5.48 Å². The molecule has 1 aliphatic heterocycles. The summed E-state index contributed by atoms with van der Waals surface area (Å²) in [6.07, 6.45) is 4.06.